The van der Waals surface area contributed by atoms with Crippen molar-refractivity contribution in [3.05, 3.63) is 28.6 Å². The van der Waals surface area contributed by atoms with Crippen molar-refractivity contribution in [2.24, 2.45) is 0 Å². The van der Waals surface area contributed by atoms with Gasteiger partial charge in [0.1, 0.15) is 0 Å². The first kappa shape index (κ1) is 16.9. The molecule has 0 saturated heterocycles. The fraction of sp³-hybridized carbons (Fsp3) is 0.300. The van der Waals surface area contributed by atoms with E-state index < -0.39 is 56.1 Å². The number of carbonyl (C=O) groups is 2. The third-order valence-corrected chi connectivity index (χ3v) is 3.12. The van der Waals surface area contributed by atoms with E-state index in [1.54, 1.807) is 0 Å². The van der Waals surface area contributed by atoms with E-state index in [0.29, 0.717) is 6.26 Å². The summed E-state index contributed by atoms with van der Waals surface area (Å²) in [6, 6.07) is 0. The van der Waals surface area contributed by atoms with Crippen LogP contribution in [0.3, 0.4) is 0 Å². The molecule has 0 bridgehead atoms. The van der Waals surface area contributed by atoms with Gasteiger partial charge in [-0.05, 0) is 5.56 Å². The second kappa shape index (κ2) is 5.31. The zero-order chi connectivity index (χ0) is 16.6. The molecule has 11 heteroatoms. The summed E-state index contributed by atoms with van der Waals surface area (Å²) in [5, 5.41) is 17.7. The molecule has 7 nitrogen and oxygen atoms in total. The average Bonchev–Trinajstić information content (AvgIpc) is 2.23. The second-order valence-corrected chi connectivity index (χ2v) is 6.19. The Morgan fingerprint density at radius 3 is 2.10 bits per heavy atom. The molecule has 1 heterocycles. The van der Waals surface area contributed by atoms with Gasteiger partial charge in [0.2, 0.25) is 0 Å². The summed E-state index contributed by atoms with van der Waals surface area (Å²) in [5.74, 6) is -5.06. The van der Waals surface area contributed by atoms with Gasteiger partial charge in [-0.2, -0.15) is 13.2 Å². The molecule has 116 valence electrons. The van der Waals surface area contributed by atoms with Crippen LogP contribution >= 0.6 is 0 Å². The quantitative estimate of drug-likeness (QED) is 0.847. The Morgan fingerprint density at radius 1 is 1.24 bits per heavy atom. The van der Waals surface area contributed by atoms with E-state index in [1.165, 1.54) is 0 Å². The lowest BCUT2D eigenvalue weighted by molar-refractivity contribution is -0.141. The highest BCUT2D eigenvalue weighted by Crippen LogP contribution is 2.33. The molecule has 0 spiro atoms. The maximum atomic E-state index is 12.7. The van der Waals surface area contributed by atoms with Crippen molar-refractivity contribution in [1.29, 1.82) is 0 Å². The topological polar surface area (TPSA) is 122 Å². The Balaban J connectivity index is 3.83. The SMILES string of the molecule is CS(=O)(=O)Cc1c(C(=O)O)cnc(C(F)(F)F)c1C(=O)O. The molecule has 0 aromatic carbocycles. The Bertz CT molecular complexity index is 710. The summed E-state index contributed by atoms with van der Waals surface area (Å²) in [6.07, 6.45) is -4.24. The van der Waals surface area contributed by atoms with Gasteiger partial charge in [0, 0.05) is 12.5 Å². The number of pyridine rings is 1. The Hall–Kier alpha value is -2.17. The Morgan fingerprint density at radius 2 is 1.76 bits per heavy atom. The van der Waals surface area contributed by atoms with Crippen molar-refractivity contribution in [2.45, 2.75) is 11.9 Å². The third-order valence-electron chi connectivity index (χ3n) is 2.31. The molecule has 0 unspecified atom stereocenters. The van der Waals surface area contributed by atoms with Crippen LogP contribution in [0.4, 0.5) is 13.2 Å². The van der Waals surface area contributed by atoms with Crippen LogP contribution in [0.1, 0.15) is 32.0 Å². The number of rotatable bonds is 4. The van der Waals surface area contributed by atoms with Gasteiger partial charge in [-0.25, -0.2) is 18.0 Å². The molecule has 1 aromatic heterocycles. The molecule has 2 N–H and O–H groups in total. The third kappa shape index (κ3) is 3.90. The van der Waals surface area contributed by atoms with Gasteiger partial charge in [-0.1, -0.05) is 0 Å². The van der Waals surface area contributed by atoms with Crippen LogP contribution in [-0.4, -0.2) is 41.8 Å². The largest absolute Gasteiger partial charge is 0.478 e. The van der Waals surface area contributed by atoms with Gasteiger partial charge < -0.3 is 10.2 Å². The first-order valence-corrected chi connectivity index (χ1v) is 7.14. The molecule has 0 aliphatic rings. The summed E-state index contributed by atoms with van der Waals surface area (Å²) in [6.45, 7) is 0. The minimum absolute atomic E-state index is 0.290. The monoisotopic (exact) mass is 327 g/mol. The lowest BCUT2D eigenvalue weighted by atomic mass is 10.0. The molecule has 0 fully saturated rings. The minimum Gasteiger partial charge on any atom is -0.478 e. The molecule has 0 radical (unpaired) electrons. The Kier molecular flexibility index (Phi) is 4.27. The molecule has 0 aliphatic heterocycles. The van der Waals surface area contributed by atoms with Crippen molar-refractivity contribution in [2.75, 3.05) is 6.26 Å². The van der Waals surface area contributed by atoms with E-state index in [0.717, 1.165) is 0 Å². The van der Waals surface area contributed by atoms with Crippen molar-refractivity contribution in [3.63, 3.8) is 0 Å². The summed E-state index contributed by atoms with van der Waals surface area (Å²) < 4.78 is 60.6. The molecular formula is C10H8F3NO6S. The molecule has 1 rings (SSSR count). The lowest BCUT2D eigenvalue weighted by Crippen LogP contribution is -2.22. The molecule has 0 atom stereocenters. The van der Waals surface area contributed by atoms with Gasteiger partial charge in [0.25, 0.3) is 0 Å². The summed E-state index contributed by atoms with van der Waals surface area (Å²) in [5.41, 5.74) is -5.20. The fourth-order valence-corrected chi connectivity index (χ4v) is 2.42. The summed E-state index contributed by atoms with van der Waals surface area (Å²) >= 11 is 0. The standard InChI is InChI=1S/C10H8F3NO6S/c1-21(19,20)3-5-4(8(15)16)2-14-7(10(11,12)13)6(5)9(17)18/h2H,3H2,1H3,(H,15,16)(H,17,18). The van der Waals surface area contributed by atoms with Crippen LogP contribution in [-0.2, 0) is 21.8 Å². The number of sulfone groups is 1. The van der Waals surface area contributed by atoms with E-state index in [9.17, 15) is 31.2 Å². The van der Waals surface area contributed by atoms with Crippen LogP contribution in [0.15, 0.2) is 6.20 Å². The first-order valence-electron chi connectivity index (χ1n) is 5.08. The van der Waals surface area contributed by atoms with Crippen LogP contribution in [0.2, 0.25) is 0 Å². The molecule has 0 saturated carbocycles. The summed E-state index contributed by atoms with van der Waals surface area (Å²) in [4.78, 5) is 24.8. The second-order valence-electron chi connectivity index (χ2n) is 4.05. The van der Waals surface area contributed by atoms with Crippen LogP contribution in [0.25, 0.3) is 0 Å². The van der Waals surface area contributed by atoms with Gasteiger partial charge in [-0.15, -0.1) is 0 Å². The van der Waals surface area contributed by atoms with E-state index in [-0.39, 0.29) is 6.20 Å². The number of nitrogens with zero attached hydrogens (tertiary/aromatic N) is 1. The number of halogens is 3. The molecule has 0 aliphatic carbocycles. The van der Waals surface area contributed by atoms with Crippen molar-refractivity contribution >= 4 is 21.8 Å². The molecule has 21 heavy (non-hydrogen) atoms. The van der Waals surface area contributed by atoms with Crippen molar-refractivity contribution in [1.82, 2.24) is 4.98 Å². The number of hydrogen-bond acceptors (Lipinski definition) is 5. The number of carboxylic acid groups (broad SMARTS) is 2. The molecule has 0 amide bonds. The number of alkyl halides is 3. The molecule has 1 aromatic rings. The zero-order valence-electron chi connectivity index (χ0n) is 10.3. The first-order chi connectivity index (χ1) is 9.34. The van der Waals surface area contributed by atoms with Crippen molar-refractivity contribution in [3.8, 4) is 0 Å². The van der Waals surface area contributed by atoms with Gasteiger partial charge >= 0.3 is 18.1 Å². The highest BCUT2D eigenvalue weighted by atomic mass is 32.2. The maximum absolute atomic E-state index is 12.7. The van der Waals surface area contributed by atoms with E-state index in [2.05, 4.69) is 4.98 Å². The molecular weight excluding hydrogens is 319 g/mol. The lowest BCUT2D eigenvalue weighted by Gasteiger charge is -2.14. The van der Waals surface area contributed by atoms with E-state index >= 15 is 0 Å². The number of hydrogen-bond donors (Lipinski definition) is 2. The minimum atomic E-state index is -5.17. The van der Waals surface area contributed by atoms with Crippen molar-refractivity contribution < 1.29 is 41.4 Å². The highest BCUT2D eigenvalue weighted by Gasteiger charge is 2.40. The summed E-state index contributed by atoms with van der Waals surface area (Å²) in [7, 11) is -3.97. The fourth-order valence-electron chi connectivity index (χ4n) is 1.59. The average molecular weight is 327 g/mol. The predicted molar refractivity (Wildman–Crippen MR) is 61.7 cm³/mol. The van der Waals surface area contributed by atoms with Gasteiger partial charge in [-0.3, -0.25) is 4.98 Å². The predicted octanol–water partition coefficient (Wildman–Crippen LogP) is 1.04. The zero-order valence-corrected chi connectivity index (χ0v) is 11.1. The van der Waals surface area contributed by atoms with Gasteiger partial charge in [0.05, 0.1) is 16.9 Å². The Labute approximate surface area is 116 Å². The highest BCUT2D eigenvalue weighted by molar-refractivity contribution is 7.89. The van der Waals surface area contributed by atoms with Gasteiger partial charge in [0.15, 0.2) is 15.5 Å². The number of carboxylic acids is 2. The number of aromatic carboxylic acids is 2. The number of aromatic nitrogens is 1. The van der Waals surface area contributed by atoms with E-state index in [4.69, 9.17) is 10.2 Å². The van der Waals surface area contributed by atoms with E-state index in [1.807, 2.05) is 0 Å². The maximum Gasteiger partial charge on any atom is 0.434 e. The van der Waals surface area contributed by atoms with Crippen LogP contribution in [0, 0.1) is 0 Å². The smallest absolute Gasteiger partial charge is 0.434 e. The van der Waals surface area contributed by atoms with Crippen LogP contribution < -0.4 is 0 Å². The normalized spacial score (nSPS) is 12.2. The van der Waals surface area contributed by atoms with Crippen LogP contribution in [0.5, 0.6) is 0 Å².